The van der Waals surface area contributed by atoms with Crippen LogP contribution in [0.5, 0.6) is 0 Å². The number of hydrogen-bond donors (Lipinski definition) is 1. The van der Waals surface area contributed by atoms with E-state index in [-0.39, 0.29) is 11.7 Å². The first-order valence-corrected chi connectivity index (χ1v) is 12.0. The summed E-state index contributed by atoms with van der Waals surface area (Å²) >= 11 is 0. The highest BCUT2D eigenvalue weighted by atomic mass is 16.1. The predicted molar refractivity (Wildman–Crippen MR) is 149 cm³/mol. The molecule has 1 amide bonds. The molecule has 0 unspecified atom stereocenters. The molecule has 1 heterocycles. The van der Waals surface area contributed by atoms with Crippen molar-refractivity contribution in [1.29, 1.82) is 0 Å². The molecule has 5 heteroatoms. The minimum atomic E-state index is -0.148. The molecule has 0 atom stereocenters. The second-order valence-electron chi connectivity index (χ2n) is 8.61. The van der Waals surface area contributed by atoms with Gasteiger partial charge in [0.15, 0.2) is 5.78 Å². The normalized spacial score (nSPS) is 10.9. The lowest BCUT2D eigenvalue weighted by Crippen LogP contribution is -2.05. The molecule has 0 saturated carbocycles. The molecule has 0 aliphatic heterocycles. The minimum absolute atomic E-state index is 0.107. The summed E-state index contributed by atoms with van der Waals surface area (Å²) in [7, 11) is 0. The van der Waals surface area contributed by atoms with Gasteiger partial charge in [0.05, 0.1) is 17.1 Å². The maximum Gasteiger partial charge on any atom is 0.221 e. The van der Waals surface area contributed by atoms with Crippen molar-refractivity contribution in [3.8, 4) is 28.2 Å². The van der Waals surface area contributed by atoms with Crippen LogP contribution < -0.4 is 5.32 Å². The van der Waals surface area contributed by atoms with Crippen molar-refractivity contribution in [2.24, 2.45) is 0 Å². The van der Waals surface area contributed by atoms with Crippen molar-refractivity contribution >= 4 is 23.5 Å². The highest BCUT2D eigenvalue weighted by Crippen LogP contribution is 2.28. The highest BCUT2D eigenvalue weighted by Gasteiger charge is 2.13. The van der Waals surface area contributed by atoms with Crippen LogP contribution in [0.15, 0.2) is 121 Å². The van der Waals surface area contributed by atoms with Crippen molar-refractivity contribution in [3.63, 3.8) is 0 Å². The molecular formula is C32H25N3O2. The van der Waals surface area contributed by atoms with Crippen LogP contribution in [-0.4, -0.2) is 21.5 Å². The number of amides is 1. The van der Waals surface area contributed by atoms with E-state index in [1.54, 1.807) is 36.4 Å². The summed E-state index contributed by atoms with van der Waals surface area (Å²) in [6.07, 6.45) is 3.35. The molecule has 0 spiro atoms. The van der Waals surface area contributed by atoms with E-state index in [0.717, 1.165) is 33.8 Å². The van der Waals surface area contributed by atoms with E-state index < -0.39 is 0 Å². The van der Waals surface area contributed by atoms with E-state index in [2.05, 4.69) is 35.6 Å². The fraction of sp³-hybridized carbons (Fsp3) is 0.0312. The first-order chi connectivity index (χ1) is 18.1. The molecule has 0 bridgehead atoms. The Morgan fingerprint density at radius 2 is 1.38 bits per heavy atom. The molecule has 5 aromatic rings. The molecule has 5 rings (SSSR count). The van der Waals surface area contributed by atoms with Gasteiger partial charge in [-0.3, -0.25) is 9.59 Å². The average molecular weight is 484 g/mol. The third kappa shape index (κ3) is 5.63. The number of nitrogens with zero attached hydrogens (tertiary/aromatic N) is 2. The van der Waals surface area contributed by atoms with Gasteiger partial charge in [0.2, 0.25) is 5.91 Å². The number of carbonyl (C=O) groups excluding carboxylic acids is 2. The van der Waals surface area contributed by atoms with Gasteiger partial charge in [0.1, 0.15) is 0 Å². The van der Waals surface area contributed by atoms with Crippen LogP contribution in [0.25, 0.3) is 34.3 Å². The Bertz CT molecular complexity index is 1550. The lowest BCUT2D eigenvalue weighted by molar-refractivity contribution is -0.114. The fourth-order valence-corrected chi connectivity index (χ4v) is 4.06. The zero-order chi connectivity index (χ0) is 25.6. The Hall–Kier alpha value is -5.03. The third-order valence-corrected chi connectivity index (χ3v) is 5.90. The Morgan fingerprint density at radius 1 is 0.757 bits per heavy atom. The van der Waals surface area contributed by atoms with Crippen molar-refractivity contribution in [2.45, 2.75) is 6.92 Å². The largest absolute Gasteiger partial charge is 0.326 e. The van der Waals surface area contributed by atoms with E-state index >= 15 is 0 Å². The van der Waals surface area contributed by atoms with E-state index in [1.807, 2.05) is 65.3 Å². The number of carbonyl (C=O) groups is 2. The van der Waals surface area contributed by atoms with Gasteiger partial charge >= 0.3 is 0 Å². The molecular weight excluding hydrogens is 458 g/mol. The number of hydrogen-bond acceptors (Lipinski definition) is 3. The van der Waals surface area contributed by atoms with Crippen molar-refractivity contribution in [3.05, 3.63) is 132 Å². The van der Waals surface area contributed by atoms with Crippen LogP contribution in [0.4, 0.5) is 5.69 Å². The van der Waals surface area contributed by atoms with Gasteiger partial charge in [-0.2, -0.15) is 5.10 Å². The Balaban J connectivity index is 1.38. The molecule has 0 fully saturated rings. The summed E-state index contributed by atoms with van der Waals surface area (Å²) in [6.45, 7) is 1.45. The molecule has 4 aromatic carbocycles. The van der Waals surface area contributed by atoms with Gasteiger partial charge in [-0.1, -0.05) is 78.9 Å². The lowest BCUT2D eigenvalue weighted by Gasteiger charge is -2.08. The number of nitrogens with one attached hydrogen (secondary N) is 1. The number of aromatic nitrogens is 2. The molecule has 1 N–H and O–H groups in total. The quantitative estimate of drug-likeness (QED) is 0.199. The zero-order valence-corrected chi connectivity index (χ0v) is 20.3. The standard InChI is InChI=1S/C32H25N3O2/c1-23(36)33-28-17-15-27(16-18-28)32(37)21-14-24-12-19-29(20-13-24)35-31(26-10-6-3-7-11-26)22-30(34-35)25-8-4-2-5-9-25/h2-22H,1H3,(H,33,36)/b21-14+. The molecule has 0 aliphatic carbocycles. The number of allylic oxidation sites excluding steroid dienone is 1. The summed E-state index contributed by atoms with van der Waals surface area (Å²) in [5, 5.41) is 7.61. The van der Waals surface area contributed by atoms with Crippen LogP contribution in [0.3, 0.4) is 0 Å². The van der Waals surface area contributed by atoms with Crippen LogP contribution in [0, 0.1) is 0 Å². The van der Waals surface area contributed by atoms with Crippen LogP contribution in [0.1, 0.15) is 22.8 Å². The molecule has 0 aliphatic rings. The van der Waals surface area contributed by atoms with Gasteiger partial charge in [0, 0.05) is 29.3 Å². The summed E-state index contributed by atoms with van der Waals surface area (Å²) in [4.78, 5) is 23.8. The smallest absolute Gasteiger partial charge is 0.221 e. The Kier molecular flexibility index (Phi) is 6.86. The Morgan fingerprint density at radius 3 is 2.00 bits per heavy atom. The highest BCUT2D eigenvalue weighted by molar-refractivity contribution is 6.07. The molecule has 0 radical (unpaired) electrons. The summed E-state index contributed by atoms with van der Waals surface area (Å²) in [6, 6.07) is 37.2. The first kappa shape index (κ1) is 23.7. The number of anilines is 1. The zero-order valence-electron chi connectivity index (χ0n) is 20.3. The number of benzene rings is 4. The SMILES string of the molecule is CC(=O)Nc1ccc(C(=O)/C=C/c2ccc(-n3nc(-c4ccccc4)cc3-c3ccccc3)cc2)cc1. The van der Waals surface area contributed by atoms with E-state index in [9.17, 15) is 9.59 Å². The van der Waals surface area contributed by atoms with Gasteiger partial charge in [-0.05, 0) is 54.1 Å². The van der Waals surface area contributed by atoms with Crippen molar-refractivity contribution in [2.75, 3.05) is 5.32 Å². The Labute approximate surface area is 215 Å². The van der Waals surface area contributed by atoms with Gasteiger partial charge in [-0.15, -0.1) is 0 Å². The maximum atomic E-state index is 12.6. The monoisotopic (exact) mass is 483 g/mol. The van der Waals surface area contributed by atoms with Crippen molar-refractivity contribution < 1.29 is 9.59 Å². The molecule has 5 nitrogen and oxygen atoms in total. The summed E-state index contributed by atoms with van der Waals surface area (Å²) in [5.41, 5.74) is 7.09. The van der Waals surface area contributed by atoms with Crippen LogP contribution in [-0.2, 0) is 4.79 Å². The first-order valence-electron chi connectivity index (χ1n) is 12.0. The second-order valence-corrected chi connectivity index (χ2v) is 8.61. The lowest BCUT2D eigenvalue weighted by atomic mass is 10.1. The fourth-order valence-electron chi connectivity index (χ4n) is 4.06. The topological polar surface area (TPSA) is 64.0 Å². The maximum absolute atomic E-state index is 12.6. The molecule has 1 aromatic heterocycles. The summed E-state index contributed by atoms with van der Waals surface area (Å²) < 4.78 is 1.95. The number of ketones is 1. The number of rotatable bonds is 7. The minimum Gasteiger partial charge on any atom is -0.326 e. The van der Waals surface area contributed by atoms with E-state index in [1.165, 1.54) is 6.92 Å². The van der Waals surface area contributed by atoms with E-state index in [0.29, 0.717) is 11.3 Å². The summed E-state index contributed by atoms with van der Waals surface area (Å²) in [5.74, 6) is -0.255. The van der Waals surface area contributed by atoms with Crippen LogP contribution in [0.2, 0.25) is 0 Å². The van der Waals surface area contributed by atoms with Gasteiger partial charge in [-0.25, -0.2) is 4.68 Å². The van der Waals surface area contributed by atoms with Gasteiger partial charge in [0.25, 0.3) is 0 Å². The van der Waals surface area contributed by atoms with Crippen molar-refractivity contribution in [1.82, 2.24) is 9.78 Å². The molecule has 180 valence electrons. The third-order valence-electron chi connectivity index (χ3n) is 5.90. The predicted octanol–water partition coefficient (Wildman–Crippen LogP) is 7.06. The molecule has 37 heavy (non-hydrogen) atoms. The van der Waals surface area contributed by atoms with Crippen LogP contribution >= 0.6 is 0 Å². The van der Waals surface area contributed by atoms with E-state index in [4.69, 9.17) is 5.10 Å². The second kappa shape index (κ2) is 10.7. The van der Waals surface area contributed by atoms with Gasteiger partial charge < -0.3 is 5.32 Å². The molecule has 0 saturated heterocycles. The average Bonchev–Trinajstić information content (AvgIpc) is 3.39.